The van der Waals surface area contributed by atoms with E-state index < -0.39 is 25.3 Å². The van der Waals surface area contributed by atoms with Crippen LogP contribution in [-0.2, 0) is 18.4 Å². The van der Waals surface area contributed by atoms with Crippen LogP contribution in [0.1, 0.15) is 0 Å². The molecule has 0 aliphatic heterocycles. The van der Waals surface area contributed by atoms with Crippen molar-refractivity contribution in [2.24, 2.45) is 17.5 Å². The van der Waals surface area contributed by atoms with Crippen LogP contribution in [0.3, 0.4) is 0 Å². The molecular formula is C21H24F3N6O7P. The van der Waals surface area contributed by atoms with Crippen molar-refractivity contribution >= 4 is 24.9 Å². The van der Waals surface area contributed by atoms with E-state index in [1.165, 1.54) is 39.5 Å². The summed E-state index contributed by atoms with van der Waals surface area (Å²) in [5, 5.41) is 0.905. The van der Waals surface area contributed by atoms with Gasteiger partial charge >= 0.3 is 7.82 Å². The number of halogens is 3. The zero-order valence-corrected chi connectivity index (χ0v) is 21.1. The Morgan fingerprint density at radius 3 is 1.08 bits per heavy atom. The van der Waals surface area contributed by atoms with Crippen LogP contribution in [0.15, 0.2) is 54.6 Å². The molecule has 0 atom stereocenters. The zero-order chi connectivity index (χ0) is 28.0. The van der Waals surface area contributed by atoms with Crippen LogP contribution in [-0.4, -0.2) is 21.3 Å². The number of nitrogens with two attached hydrogens (primary N) is 3. The van der Waals surface area contributed by atoms with E-state index in [2.05, 4.69) is 0 Å². The molecule has 0 fully saturated rings. The van der Waals surface area contributed by atoms with Gasteiger partial charge < -0.3 is 14.2 Å². The second-order valence-corrected chi connectivity index (χ2v) is 8.50. The Hall–Kier alpha value is -3.76. The zero-order valence-electron chi connectivity index (χ0n) is 20.2. The molecule has 0 spiro atoms. The Bertz CT molecular complexity index is 1170. The maximum absolute atomic E-state index is 13.9. The molecule has 3 aromatic carbocycles. The fourth-order valence-electron chi connectivity index (χ4n) is 3.01. The number of benzene rings is 3. The average Bonchev–Trinajstić information content (AvgIpc) is 2.88. The fourth-order valence-corrected chi connectivity index (χ4v) is 4.01. The first kappa shape index (κ1) is 28.8. The van der Waals surface area contributed by atoms with Gasteiger partial charge in [-0.05, 0) is 36.4 Å². The lowest BCUT2D eigenvalue weighted by molar-refractivity contribution is 0.0847. The highest BCUT2D eigenvalue weighted by Crippen LogP contribution is 2.53. The second-order valence-electron chi connectivity index (χ2n) is 7.12. The molecule has 0 saturated carbocycles. The molecule has 0 aliphatic rings. The van der Waals surface area contributed by atoms with Gasteiger partial charge in [0.25, 0.3) is 0 Å². The van der Waals surface area contributed by atoms with E-state index in [-0.39, 0.29) is 34.3 Å². The Morgan fingerprint density at radius 2 is 0.842 bits per heavy atom. The molecular weight excluding hydrogens is 536 g/mol. The summed E-state index contributed by atoms with van der Waals surface area (Å²) in [6.07, 6.45) is 0. The van der Waals surface area contributed by atoms with Gasteiger partial charge in [-0.15, -0.1) is 13.9 Å². The normalized spacial score (nSPS) is 11.2. The van der Waals surface area contributed by atoms with Crippen molar-refractivity contribution in [2.45, 2.75) is 0 Å². The predicted molar refractivity (Wildman–Crippen MR) is 130 cm³/mol. The summed E-state index contributed by atoms with van der Waals surface area (Å²) in [7, 11) is -1.38. The van der Waals surface area contributed by atoms with E-state index in [9.17, 15) is 17.7 Å². The smallest absolute Gasteiger partial charge is 0.494 e. The molecule has 0 saturated heterocycles. The van der Waals surface area contributed by atoms with Crippen LogP contribution in [0, 0.1) is 17.5 Å². The van der Waals surface area contributed by atoms with Crippen LogP contribution >= 0.6 is 7.82 Å². The van der Waals surface area contributed by atoms with E-state index in [0.29, 0.717) is 15.5 Å². The van der Waals surface area contributed by atoms with Gasteiger partial charge in [0.2, 0.25) is 0 Å². The lowest BCUT2D eigenvalue weighted by atomic mass is 10.3. The van der Waals surface area contributed by atoms with Gasteiger partial charge in [-0.3, -0.25) is 0 Å². The summed E-state index contributed by atoms with van der Waals surface area (Å²) in [6, 6.07) is 9.48. The highest BCUT2D eigenvalue weighted by molar-refractivity contribution is 7.48. The molecule has 3 rings (SSSR count). The molecule has 0 aliphatic carbocycles. The van der Waals surface area contributed by atoms with Crippen molar-refractivity contribution < 1.29 is 45.8 Å². The van der Waals surface area contributed by atoms with E-state index in [1.807, 2.05) is 0 Å². The summed E-state index contributed by atoms with van der Waals surface area (Å²) in [5.41, 5.74) is -0.795. The average molecular weight is 560 g/mol. The number of hydrogen-bond donors (Lipinski definition) is 3. The first-order valence-electron chi connectivity index (χ1n) is 10.3. The minimum Gasteiger partial charge on any atom is -0.494 e. The van der Waals surface area contributed by atoms with Crippen LogP contribution in [0.25, 0.3) is 0 Å². The summed E-state index contributed by atoms with van der Waals surface area (Å²) in [5.74, 6) is 15.3. The van der Waals surface area contributed by atoms with Crippen LogP contribution in [0.2, 0.25) is 0 Å². The molecule has 6 N–H and O–H groups in total. The number of phosphoric acid groups is 1. The summed E-state index contributed by atoms with van der Waals surface area (Å²) < 4.78 is 86.3. The standard InChI is InChI=1S/C21H24F3N6O7P/c1-32-19-7-4-13(22)10-16(19)28(25)35-38(31,36-29(26)17-11-14(23)5-8-20(17)33-2)37-30(27)18-12-15(24)6-9-21(18)34-3/h4-12H,25-27H2,1-3H3. The van der Waals surface area contributed by atoms with Crippen LogP contribution in [0.5, 0.6) is 17.2 Å². The van der Waals surface area contributed by atoms with Gasteiger partial charge in [0, 0.05) is 18.2 Å². The summed E-state index contributed by atoms with van der Waals surface area (Å²) >= 11 is 0. The molecule has 206 valence electrons. The lowest BCUT2D eigenvalue weighted by Gasteiger charge is -2.30. The third-order valence-corrected chi connectivity index (χ3v) is 5.83. The molecule has 3 aromatic rings. The van der Waals surface area contributed by atoms with Gasteiger partial charge in [-0.2, -0.15) is 15.5 Å². The molecule has 0 aromatic heterocycles. The monoisotopic (exact) mass is 560 g/mol. The topological polar surface area (TPSA) is 160 Å². The maximum atomic E-state index is 13.9. The molecule has 0 heterocycles. The molecule has 13 nitrogen and oxygen atoms in total. The minimum absolute atomic E-state index is 0.00624. The quantitative estimate of drug-likeness (QED) is 0.168. The number of hydrazine groups is 3. The molecule has 0 radical (unpaired) electrons. The largest absolute Gasteiger partial charge is 0.543 e. The second kappa shape index (κ2) is 12.2. The van der Waals surface area contributed by atoms with Crippen molar-refractivity contribution in [3.05, 3.63) is 72.0 Å². The van der Waals surface area contributed by atoms with E-state index >= 15 is 0 Å². The first-order valence-corrected chi connectivity index (χ1v) is 11.8. The van der Waals surface area contributed by atoms with Gasteiger partial charge in [-0.1, -0.05) is 0 Å². The highest BCUT2D eigenvalue weighted by atomic mass is 31.2. The lowest BCUT2D eigenvalue weighted by Crippen LogP contribution is -2.39. The SMILES string of the molecule is COc1ccc(F)cc1N(N)OP(=O)(ON(N)c1cc(F)ccc1OC)ON(N)c1cc(F)ccc1OC. The molecule has 0 bridgehead atoms. The number of hydrogen-bond acceptors (Lipinski definition) is 13. The number of nitrogens with zero attached hydrogens (tertiary/aromatic N) is 3. The first-order chi connectivity index (χ1) is 18.0. The molecule has 0 unspecified atom stereocenters. The Morgan fingerprint density at radius 1 is 0.579 bits per heavy atom. The van der Waals surface area contributed by atoms with Gasteiger partial charge in [0.15, 0.2) is 0 Å². The van der Waals surface area contributed by atoms with Crippen LogP contribution in [0.4, 0.5) is 30.2 Å². The number of ether oxygens (including phenoxy) is 3. The third kappa shape index (κ3) is 6.76. The van der Waals surface area contributed by atoms with Gasteiger partial charge in [0.1, 0.15) is 51.8 Å². The molecule has 38 heavy (non-hydrogen) atoms. The molecule has 17 heteroatoms. The molecule has 0 amide bonds. The van der Waals surface area contributed by atoms with E-state index in [4.69, 9.17) is 45.6 Å². The minimum atomic E-state index is -5.15. The van der Waals surface area contributed by atoms with Crippen LogP contribution < -0.4 is 47.3 Å². The highest BCUT2D eigenvalue weighted by Gasteiger charge is 2.39. The number of rotatable bonds is 12. The van der Waals surface area contributed by atoms with Gasteiger partial charge in [-0.25, -0.2) is 35.3 Å². The van der Waals surface area contributed by atoms with Crippen molar-refractivity contribution in [2.75, 3.05) is 36.8 Å². The van der Waals surface area contributed by atoms with Crippen molar-refractivity contribution in [1.82, 2.24) is 0 Å². The fraction of sp³-hybridized carbons (Fsp3) is 0.143. The Labute approximate surface area is 214 Å². The summed E-state index contributed by atoms with van der Waals surface area (Å²) in [4.78, 5) is 0. The Balaban J connectivity index is 2.01. The third-order valence-electron chi connectivity index (χ3n) is 4.70. The van der Waals surface area contributed by atoms with E-state index in [0.717, 1.165) is 36.4 Å². The summed E-state index contributed by atoms with van der Waals surface area (Å²) in [6.45, 7) is 0. The van der Waals surface area contributed by atoms with Gasteiger partial charge in [0.05, 0.1) is 21.3 Å². The van der Waals surface area contributed by atoms with E-state index in [1.54, 1.807) is 0 Å². The van der Waals surface area contributed by atoms with Crippen molar-refractivity contribution in [1.29, 1.82) is 0 Å². The Kier molecular flexibility index (Phi) is 9.24. The predicted octanol–water partition coefficient (Wildman–Crippen LogP) is 3.47. The number of anilines is 3. The van der Waals surface area contributed by atoms with Crippen molar-refractivity contribution in [3.63, 3.8) is 0 Å². The van der Waals surface area contributed by atoms with Crippen molar-refractivity contribution in [3.8, 4) is 17.2 Å². The maximum Gasteiger partial charge on any atom is 0.543 e. The number of methoxy groups -OCH3 is 3.